The normalized spacial score (nSPS) is 21.3. The van der Waals surface area contributed by atoms with Crippen LogP contribution in [0.25, 0.3) is 0 Å². The predicted molar refractivity (Wildman–Crippen MR) is 94.8 cm³/mol. The van der Waals surface area contributed by atoms with Crippen molar-refractivity contribution in [2.45, 2.75) is 31.6 Å². The maximum absolute atomic E-state index is 12.5. The van der Waals surface area contributed by atoms with Crippen LogP contribution in [0.2, 0.25) is 0 Å². The van der Waals surface area contributed by atoms with Crippen molar-refractivity contribution in [3.8, 4) is 5.75 Å². The first-order valence-corrected chi connectivity index (χ1v) is 8.23. The fourth-order valence-electron chi connectivity index (χ4n) is 2.96. The number of nitro groups is 1. The van der Waals surface area contributed by atoms with E-state index in [1.807, 2.05) is 0 Å². The van der Waals surface area contributed by atoms with Crippen molar-refractivity contribution in [1.29, 1.82) is 0 Å². The number of non-ortho nitro benzene ring substituents is 1. The van der Waals surface area contributed by atoms with Crippen LogP contribution in [0.4, 0.5) is 11.4 Å². The molecule has 0 saturated heterocycles. The maximum Gasteiger partial charge on any atom is 0.274 e. The number of ether oxygens (including phenoxy) is 1. The summed E-state index contributed by atoms with van der Waals surface area (Å²) >= 11 is 3.28. The lowest BCUT2D eigenvalue weighted by molar-refractivity contribution is -0.385. The van der Waals surface area contributed by atoms with Crippen molar-refractivity contribution in [2.75, 3.05) is 5.73 Å². The van der Waals surface area contributed by atoms with Crippen molar-refractivity contribution in [3.05, 3.63) is 61.0 Å². The van der Waals surface area contributed by atoms with Gasteiger partial charge in [0.2, 0.25) is 0 Å². The number of nitrogens with zero attached hydrogens (tertiary/aromatic N) is 2. The number of hydrogen-bond acceptors (Lipinski definition) is 6. The molecule has 3 rings (SSSR count). The number of nitrogens with two attached hydrogens (primary N) is 1. The summed E-state index contributed by atoms with van der Waals surface area (Å²) in [7, 11) is 0. The number of nitrogen functional groups attached to an aromatic ring is 1. The van der Waals surface area contributed by atoms with Crippen molar-refractivity contribution in [3.63, 3.8) is 0 Å². The van der Waals surface area contributed by atoms with Crippen LogP contribution in [0.5, 0.6) is 5.75 Å². The first-order chi connectivity index (χ1) is 11.6. The van der Waals surface area contributed by atoms with Gasteiger partial charge in [0.25, 0.3) is 11.2 Å². The summed E-state index contributed by atoms with van der Waals surface area (Å²) in [6, 6.07) is 4.68. The SMILES string of the molecule is CC1(C)Oc2ccc([N+](=O)[O-])cc2C(n2cc(Br)cc(N)c2=O)C1O. The lowest BCUT2D eigenvalue weighted by Crippen LogP contribution is -2.52. The Bertz CT molecular complexity index is 924. The molecule has 0 aliphatic carbocycles. The van der Waals surface area contributed by atoms with Crippen molar-refractivity contribution >= 4 is 27.3 Å². The van der Waals surface area contributed by atoms with Crippen LogP contribution in [0, 0.1) is 10.1 Å². The van der Waals surface area contributed by atoms with E-state index in [2.05, 4.69) is 15.9 Å². The molecule has 2 atom stereocenters. The molecule has 0 saturated carbocycles. The molecule has 0 amide bonds. The molecule has 1 aliphatic heterocycles. The first-order valence-electron chi connectivity index (χ1n) is 7.44. The van der Waals surface area contributed by atoms with Gasteiger partial charge in [-0.1, -0.05) is 0 Å². The van der Waals surface area contributed by atoms with Gasteiger partial charge in [0, 0.05) is 28.4 Å². The molecule has 132 valence electrons. The van der Waals surface area contributed by atoms with Crippen LogP contribution >= 0.6 is 15.9 Å². The molecular weight excluding hydrogens is 394 g/mol. The average Bonchev–Trinajstić information content (AvgIpc) is 2.52. The molecule has 25 heavy (non-hydrogen) atoms. The number of fused-ring (bicyclic) bond motifs is 1. The lowest BCUT2D eigenvalue weighted by Gasteiger charge is -2.42. The molecule has 2 unspecified atom stereocenters. The van der Waals surface area contributed by atoms with Crippen LogP contribution in [0.1, 0.15) is 25.5 Å². The molecule has 1 aliphatic rings. The van der Waals surface area contributed by atoms with Gasteiger partial charge in [-0.25, -0.2) is 0 Å². The monoisotopic (exact) mass is 409 g/mol. The van der Waals surface area contributed by atoms with E-state index in [1.165, 1.54) is 35.0 Å². The van der Waals surface area contributed by atoms with E-state index in [-0.39, 0.29) is 11.4 Å². The molecule has 8 nitrogen and oxygen atoms in total. The Kier molecular flexibility index (Phi) is 4.08. The predicted octanol–water partition coefficient (Wildman–Crippen LogP) is 2.22. The quantitative estimate of drug-likeness (QED) is 0.579. The van der Waals surface area contributed by atoms with Gasteiger partial charge in [-0.2, -0.15) is 0 Å². The third-order valence-corrected chi connectivity index (χ3v) is 4.68. The molecule has 1 aromatic carbocycles. The maximum atomic E-state index is 12.5. The van der Waals surface area contributed by atoms with Crippen LogP contribution < -0.4 is 16.0 Å². The number of rotatable bonds is 2. The Morgan fingerprint density at radius 3 is 2.72 bits per heavy atom. The van der Waals surface area contributed by atoms with Crippen LogP contribution in [0.3, 0.4) is 0 Å². The van der Waals surface area contributed by atoms with E-state index in [4.69, 9.17) is 10.5 Å². The van der Waals surface area contributed by atoms with Gasteiger partial charge in [-0.3, -0.25) is 14.9 Å². The van der Waals surface area contributed by atoms with E-state index in [1.54, 1.807) is 13.8 Å². The number of hydrogen-bond donors (Lipinski definition) is 2. The molecule has 3 N–H and O–H groups in total. The number of pyridine rings is 1. The molecule has 0 bridgehead atoms. The summed E-state index contributed by atoms with van der Waals surface area (Å²) in [5, 5.41) is 21.9. The van der Waals surface area contributed by atoms with E-state index in [9.17, 15) is 20.0 Å². The molecular formula is C16H16BrN3O5. The largest absolute Gasteiger partial charge is 0.485 e. The van der Waals surface area contributed by atoms with Crippen LogP contribution in [-0.4, -0.2) is 26.3 Å². The third kappa shape index (κ3) is 2.89. The minimum atomic E-state index is -1.13. The van der Waals surface area contributed by atoms with Crippen molar-refractivity contribution in [1.82, 2.24) is 4.57 Å². The number of anilines is 1. The summed E-state index contributed by atoms with van der Waals surface area (Å²) < 4.78 is 7.61. The summed E-state index contributed by atoms with van der Waals surface area (Å²) in [4.78, 5) is 23.1. The van der Waals surface area contributed by atoms with Gasteiger partial charge < -0.3 is 20.1 Å². The molecule has 0 fully saturated rings. The first kappa shape index (κ1) is 17.4. The minimum Gasteiger partial charge on any atom is -0.485 e. The highest BCUT2D eigenvalue weighted by atomic mass is 79.9. The molecule has 0 radical (unpaired) electrons. The zero-order valence-corrected chi connectivity index (χ0v) is 15.1. The zero-order valence-electron chi connectivity index (χ0n) is 13.5. The third-order valence-electron chi connectivity index (χ3n) is 4.24. The summed E-state index contributed by atoms with van der Waals surface area (Å²) in [5.41, 5.74) is 4.44. The summed E-state index contributed by atoms with van der Waals surface area (Å²) in [5.74, 6) is 0.372. The standard InChI is InChI=1S/C16H16BrN3O5/c1-16(2)14(21)13(19-7-8(17)5-11(18)15(19)22)10-6-9(20(23)24)3-4-12(10)25-16/h3-7,13-14,21H,18H2,1-2H3. The topological polar surface area (TPSA) is 121 Å². The summed E-state index contributed by atoms with van der Waals surface area (Å²) in [6.07, 6.45) is 0.366. The van der Waals surface area contributed by atoms with Gasteiger partial charge in [0.15, 0.2) is 0 Å². The van der Waals surface area contributed by atoms with Crippen molar-refractivity contribution < 1.29 is 14.8 Å². The number of halogens is 1. The molecule has 1 aromatic heterocycles. The molecule has 0 spiro atoms. The number of aliphatic hydroxyl groups excluding tert-OH is 1. The smallest absolute Gasteiger partial charge is 0.274 e. The Hall–Kier alpha value is -2.39. The highest BCUT2D eigenvalue weighted by molar-refractivity contribution is 9.10. The number of aromatic nitrogens is 1. The molecule has 2 aromatic rings. The van der Waals surface area contributed by atoms with Gasteiger partial charge in [0.1, 0.15) is 17.5 Å². The van der Waals surface area contributed by atoms with Crippen molar-refractivity contribution in [2.24, 2.45) is 0 Å². The molecule has 9 heteroatoms. The Labute approximate surface area is 151 Å². The summed E-state index contributed by atoms with van der Waals surface area (Å²) in [6.45, 7) is 3.36. The average molecular weight is 410 g/mol. The zero-order chi connectivity index (χ0) is 18.5. The fourth-order valence-corrected chi connectivity index (χ4v) is 3.43. The van der Waals surface area contributed by atoms with Gasteiger partial charge in [0.05, 0.1) is 16.7 Å². The number of aliphatic hydroxyl groups is 1. The second kappa shape index (κ2) is 5.85. The van der Waals surface area contributed by atoms with Crippen LogP contribution in [0.15, 0.2) is 39.7 Å². The fraction of sp³-hybridized carbons (Fsp3) is 0.312. The van der Waals surface area contributed by atoms with E-state index in [0.29, 0.717) is 15.8 Å². The second-order valence-corrected chi connectivity index (χ2v) is 7.32. The van der Waals surface area contributed by atoms with Gasteiger partial charge >= 0.3 is 0 Å². The minimum absolute atomic E-state index is 0.00199. The Morgan fingerprint density at radius 1 is 1.40 bits per heavy atom. The lowest BCUT2D eigenvalue weighted by atomic mass is 9.86. The number of benzene rings is 1. The van der Waals surface area contributed by atoms with Crippen LogP contribution in [-0.2, 0) is 0 Å². The molecule has 2 heterocycles. The highest BCUT2D eigenvalue weighted by Gasteiger charge is 2.44. The Balaban J connectivity index is 2.30. The highest BCUT2D eigenvalue weighted by Crippen LogP contribution is 2.43. The Morgan fingerprint density at radius 2 is 2.08 bits per heavy atom. The van der Waals surface area contributed by atoms with Gasteiger partial charge in [-0.05, 0) is 41.9 Å². The second-order valence-electron chi connectivity index (χ2n) is 6.40. The van der Waals surface area contributed by atoms with E-state index in [0.717, 1.165) is 0 Å². The van der Waals surface area contributed by atoms with E-state index >= 15 is 0 Å². The van der Waals surface area contributed by atoms with E-state index < -0.39 is 28.2 Å². The van der Waals surface area contributed by atoms with Gasteiger partial charge in [-0.15, -0.1) is 0 Å². The number of nitro benzene ring substituents is 1.